The van der Waals surface area contributed by atoms with Crippen molar-refractivity contribution in [3.8, 4) is 5.75 Å². The van der Waals surface area contributed by atoms with E-state index >= 15 is 0 Å². The van der Waals surface area contributed by atoms with Crippen molar-refractivity contribution in [2.45, 2.75) is 17.5 Å². The standard InChI is InChI=1S/C23H13F5O7S/c24-22(25,26)21(23(27,28)36(31,32)33)35-19(29)14-6-9-15(10-7-14)34-20(30)17-11-8-13-5-4-12-2-1-3-16(17)18(12)13/h1-11,21H,(H,31,32,33). The van der Waals surface area contributed by atoms with Gasteiger partial charge in [-0.05, 0) is 52.2 Å². The maximum atomic E-state index is 13.6. The van der Waals surface area contributed by atoms with E-state index in [4.69, 9.17) is 9.29 Å². The summed E-state index contributed by atoms with van der Waals surface area (Å²) in [6.45, 7) is 0. The summed E-state index contributed by atoms with van der Waals surface area (Å²) in [4.78, 5) is 24.7. The van der Waals surface area contributed by atoms with Gasteiger partial charge in [0, 0.05) is 0 Å². The molecule has 0 radical (unpaired) electrons. The van der Waals surface area contributed by atoms with E-state index in [0.717, 1.165) is 40.8 Å². The molecule has 0 bridgehead atoms. The summed E-state index contributed by atoms with van der Waals surface area (Å²) in [5.41, 5.74) is 1.36. The normalized spacial score (nSPS) is 14.1. The fourth-order valence-electron chi connectivity index (χ4n) is 3.56. The summed E-state index contributed by atoms with van der Waals surface area (Å²) in [5, 5.41) is -4.38. The molecule has 4 rings (SSSR count). The summed E-state index contributed by atoms with van der Waals surface area (Å²) >= 11 is 0. The summed E-state index contributed by atoms with van der Waals surface area (Å²) in [7, 11) is -6.57. The maximum Gasteiger partial charge on any atom is 0.432 e. The predicted octanol–water partition coefficient (Wildman–Crippen LogP) is 5.11. The van der Waals surface area contributed by atoms with Crippen LogP contribution in [0.2, 0.25) is 0 Å². The molecule has 0 amide bonds. The lowest BCUT2D eigenvalue weighted by atomic mass is 9.99. The van der Waals surface area contributed by atoms with Crippen LogP contribution < -0.4 is 4.74 Å². The second-order valence-corrected chi connectivity index (χ2v) is 9.08. The van der Waals surface area contributed by atoms with Crippen LogP contribution in [0.3, 0.4) is 0 Å². The Labute approximate surface area is 199 Å². The number of ether oxygens (including phenoxy) is 2. The molecule has 0 fully saturated rings. The van der Waals surface area contributed by atoms with Crippen LogP contribution in [0.1, 0.15) is 31.8 Å². The Bertz CT molecular complexity index is 1500. The second-order valence-electron chi connectivity index (χ2n) is 7.58. The van der Waals surface area contributed by atoms with E-state index in [1.54, 1.807) is 24.3 Å². The number of carbonyl (C=O) groups is 2. The number of hydrogen-bond donors (Lipinski definition) is 1. The molecule has 3 aromatic carbocycles. The van der Waals surface area contributed by atoms with Crippen molar-refractivity contribution in [1.82, 2.24) is 0 Å². The quantitative estimate of drug-likeness (QED) is 0.160. The Hall–Kier alpha value is -3.84. The number of halogens is 5. The Morgan fingerprint density at radius 2 is 1.44 bits per heavy atom. The minimum absolute atomic E-state index is 0.131. The van der Waals surface area contributed by atoms with Crippen LogP contribution in [0.4, 0.5) is 22.0 Å². The number of esters is 2. The van der Waals surface area contributed by atoms with E-state index in [9.17, 15) is 40.0 Å². The molecule has 3 aromatic rings. The molecule has 13 heteroatoms. The third-order valence-electron chi connectivity index (χ3n) is 5.24. The maximum absolute atomic E-state index is 13.6. The highest BCUT2D eigenvalue weighted by atomic mass is 32.2. The Morgan fingerprint density at radius 1 is 0.833 bits per heavy atom. The zero-order chi connectivity index (χ0) is 26.5. The van der Waals surface area contributed by atoms with Crippen LogP contribution in [0, 0.1) is 0 Å². The van der Waals surface area contributed by atoms with Crippen molar-refractivity contribution in [3.63, 3.8) is 0 Å². The van der Waals surface area contributed by atoms with E-state index in [0.29, 0.717) is 5.39 Å². The first-order chi connectivity index (χ1) is 16.7. The second kappa shape index (κ2) is 8.68. The monoisotopic (exact) mass is 528 g/mol. The number of benzene rings is 3. The average Bonchev–Trinajstić information content (AvgIpc) is 3.21. The summed E-state index contributed by atoms with van der Waals surface area (Å²) < 4.78 is 105. The fourth-order valence-corrected chi connectivity index (χ4v) is 4.01. The number of alkyl halides is 5. The highest BCUT2D eigenvalue weighted by molar-refractivity contribution is 7.86. The molecule has 188 valence electrons. The molecule has 1 unspecified atom stereocenters. The number of rotatable bonds is 6. The lowest BCUT2D eigenvalue weighted by Crippen LogP contribution is -2.52. The minimum atomic E-state index is -6.57. The molecule has 7 nitrogen and oxygen atoms in total. The molecule has 0 spiro atoms. The topological polar surface area (TPSA) is 107 Å². The van der Waals surface area contributed by atoms with Gasteiger partial charge in [-0.1, -0.05) is 36.4 Å². The summed E-state index contributed by atoms with van der Waals surface area (Å²) in [5.74, 6) is -2.86. The molecule has 1 atom stereocenters. The number of carbonyl (C=O) groups excluding carboxylic acids is 2. The molecule has 0 aromatic heterocycles. The molecule has 1 aliphatic carbocycles. The van der Waals surface area contributed by atoms with Gasteiger partial charge in [0.1, 0.15) is 5.75 Å². The molecule has 1 N–H and O–H groups in total. The van der Waals surface area contributed by atoms with E-state index in [1.165, 1.54) is 0 Å². The first-order valence-corrected chi connectivity index (χ1v) is 11.3. The Morgan fingerprint density at radius 3 is 2.03 bits per heavy atom. The predicted molar refractivity (Wildman–Crippen MR) is 116 cm³/mol. The average molecular weight is 528 g/mol. The first kappa shape index (κ1) is 25.3. The largest absolute Gasteiger partial charge is 0.441 e. The molecule has 0 saturated heterocycles. The molecule has 0 saturated carbocycles. The van der Waals surface area contributed by atoms with Gasteiger partial charge >= 0.3 is 33.5 Å². The van der Waals surface area contributed by atoms with Crippen molar-refractivity contribution in [3.05, 3.63) is 76.9 Å². The van der Waals surface area contributed by atoms with Crippen LogP contribution in [0.25, 0.3) is 22.9 Å². The third kappa shape index (κ3) is 4.54. The van der Waals surface area contributed by atoms with Crippen LogP contribution in [-0.2, 0) is 14.9 Å². The molecule has 36 heavy (non-hydrogen) atoms. The highest BCUT2D eigenvalue weighted by Gasteiger charge is 2.66. The van der Waals surface area contributed by atoms with E-state index in [1.807, 2.05) is 18.2 Å². The lowest BCUT2D eigenvalue weighted by molar-refractivity contribution is -0.248. The van der Waals surface area contributed by atoms with Gasteiger partial charge in [0.05, 0.1) is 11.1 Å². The van der Waals surface area contributed by atoms with Crippen molar-refractivity contribution in [2.24, 2.45) is 0 Å². The van der Waals surface area contributed by atoms with Crippen LogP contribution >= 0.6 is 0 Å². The van der Waals surface area contributed by atoms with Crippen molar-refractivity contribution in [2.75, 3.05) is 0 Å². The number of hydrogen-bond acceptors (Lipinski definition) is 6. The van der Waals surface area contributed by atoms with E-state index in [2.05, 4.69) is 4.74 Å². The molecular formula is C23H13F5O7S. The van der Waals surface area contributed by atoms with Crippen LogP contribution in [-0.4, -0.2) is 42.4 Å². The van der Waals surface area contributed by atoms with Crippen molar-refractivity contribution >= 4 is 45.0 Å². The Kier molecular flexibility index (Phi) is 6.09. The molecule has 1 aliphatic rings. The van der Waals surface area contributed by atoms with Crippen LogP contribution in [0.15, 0.2) is 54.6 Å². The third-order valence-corrected chi connectivity index (χ3v) is 6.14. The van der Waals surface area contributed by atoms with Gasteiger partial charge in [0.25, 0.3) is 6.10 Å². The lowest BCUT2D eigenvalue weighted by Gasteiger charge is -2.26. The van der Waals surface area contributed by atoms with Crippen LogP contribution in [0.5, 0.6) is 5.75 Å². The molecule has 0 aliphatic heterocycles. The SMILES string of the molecule is O=C(OC(C(F)(F)F)C(F)(F)S(=O)(=O)O)c1ccc(OC(=O)c2ccc3c4c(cccc24)C=C3)cc1. The van der Waals surface area contributed by atoms with Gasteiger partial charge in [-0.15, -0.1) is 0 Å². The minimum Gasteiger partial charge on any atom is -0.441 e. The fraction of sp³-hybridized carbons (Fsp3) is 0.130. The summed E-state index contributed by atoms with van der Waals surface area (Å²) in [6.07, 6.45) is -6.72. The van der Waals surface area contributed by atoms with Crippen molar-refractivity contribution in [1.29, 1.82) is 0 Å². The highest BCUT2D eigenvalue weighted by Crippen LogP contribution is 2.38. The van der Waals surface area contributed by atoms with Gasteiger partial charge in [-0.3, -0.25) is 4.55 Å². The first-order valence-electron chi connectivity index (χ1n) is 9.89. The van der Waals surface area contributed by atoms with Gasteiger partial charge in [0.15, 0.2) is 0 Å². The van der Waals surface area contributed by atoms with Crippen molar-refractivity contribution < 1.29 is 54.0 Å². The van der Waals surface area contributed by atoms with Gasteiger partial charge in [0.2, 0.25) is 0 Å². The molecular weight excluding hydrogens is 515 g/mol. The van der Waals surface area contributed by atoms with Gasteiger partial charge in [-0.2, -0.15) is 30.4 Å². The molecule has 0 heterocycles. The summed E-state index contributed by atoms with van der Waals surface area (Å²) in [6, 6.07) is 12.3. The van der Waals surface area contributed by atoms with Gasteiger partial charge in [-0.25, -0.2) is 9.59 Å². The smallest absolute Gasteiger partial charge is 0.432 e. The van der Waals surface area contributed by atoms with E-state index < -0.39 is 45.2 Å². The Balaban J connectivity index is 1.52. The zero-order valence-electron chi connectivity index (χ0n) is 17.6. The zero-order valence-corrected chi connectivity index (χ0v) is 18.4. The van der Waals surface area contributed by atoms with E-state index in [-0.39, 0.29) is 11.3 Å². The van der Waals surface area contributed by atoms with Gasteiger partial charge < -0.3 is 9.47 Å².